The molecule has 1 atom stereocenters. The highest BCUT2D eigenvalue weighted by Gasteiger charge is 2.18. The Morgan fingerprint density at radius 3 is 3.00 bits per heavy atom. The molecule has 1 aliphatic heterocycles. The third-order valence-corrected chi connectivity index (χ3v) is 3.92. The van der Waals surface area contributed by atoms with Crippen LogP contribution in [0.4, 0.5) is 4.39 Å². The lowest BCUT2D eigenvalue weighted by Gasteiger charge is -2.22. The summed E-state index contributed by atoms with van der Waals surface area (Å²) in [6, 6.07) is 1.99. The highest BCUT2D eigenvalue weighted by Crippen LogP contribution is 2.27. The van der Waals surface area contributed by atoms with E-state index in [1.54, 1.807) is 6.92 Å². The first kappa shape index (κ1) is 12.5. The number of halogens is 1. The SMILES string of the molecule is Cc1c(C#N)sc(COC2CCCCO2)c1F. The number of ether oxygens (including phenoxy) is 2. The second kappa shape index (κ2) is 5.58. The molecular formula is C12H14FNO2S. The summed E-state index contributed by atoms with van der Waals surface area (Å²) in [4.78, 5) is 0.902. The van der Waals surface area contributed by atoms with Crippen LogP contribution in [-0.2, 0) is 16.1 Å². The molecule has 0 saturated carbocycles. The van der Waals surface area contributed by atoms with Crippen molar-refractivity contribution in [3.63, 3.8) is 0 Å². The standard InChI is InChI=1S/C12H14FNO2S/c1-8-9(6-14)17-10(12(8)13)7-16-11-4-2-3-5-15-11/h11H,2-5,7H2,1H3. The van der Waals surface area contributed by atoms with Crippen molar-refractivity contribution < 1.29 is 13.9 Å². The third-order valence-electron chi connectivity index (χ3n) is 2.78. The van der Waals surface area contributed by atoms with Gasteiger partial charge in [0, 0.05) is 12.2 Å². The summed E-state index contributed by atoms with van der Waals surface area (Å²) in [5.41, 5.74) is 0.417. The average molecular weight is 255 g/mol. The average Bonchev–Trinajstić information content (AvgIpc) is 2.65. The lowest BCUT2D eigenvalue weighted by Crippen LogP contribution is -2.21. The zero-order chi connectivity index (χ0) is 12.3. The van der Waals surface area contributed by atoms with Crippen LogP contribution in [0.2, 0.25) is 0 Å². The van der Waals surface area contributed by atoms with E-state index in [2.05, 4.69) is 0 Å². The van der Waals surface area contributed by atoms with Crippen LogP contribution in [0.15, 0.2) is 0 Å². The number of rotatable bonds is 3. The van der Waals surface area contributed by atoms with Crippen LogP contribution < -0.4 is 0 Å². The summed E-state index contributed by atoms with van der Waals surface area (Å²) < 4.78 is 24.6. The maximum Gasteiger partial charge on any atom is 0.158 e. The molecule has 0 aliphatic carbocycles. The van der Waals surface area contributed by atoms with E-state index >= 15 is 0 Å². The first-order valence-electron chi connectivity index (χ1n) is 5.63. The number of thiophene rings is 1. The second-order valence-corrected chi connectivity index (χ2v) is 5.12. The van der Waals surface area contributed by atoms with Crippen LogP contribution in [0.3, 0.4) is 0 Å². The molecule has 1 aliphatic rings. The lowest BCUT2D eigenvalue weighted by molar-refractivity contribution is -0.168. The normalized spacial score (nSPS) is 20.2. The maximum atomic E-state index is 13.7. The van der Waals surface area contributed by atoms with Crippen LogP contribution in [-0.4, -0.2) is 12.9 Å². The van der Waals surface area contributed by atoms with Gasteiger partial charge in [0.25, 0.3) is 0 Å². The molecule has 0 N–H and O–H groups in total. The molecule has 3 nitrogen and oxygen atoms in total. The number of hydrogen-bond acceptors (Lipinski definition) is 4. The first-order chi connectivity index (χ1) is 8.22. The lowest BCUT2D eigenvalue weighted by atomic mass is 10.2. The molecule has 0 spiro atoms. The van der Waals surface area contributed by atoms with E-state index in [1.807, 2.05) is 6.07 Å². The molecule has 1 fully saturated rings. The molecule has 5 heteroatoms. The summed E-state index contributed by atoms with van der Waals surface area (Å²) in [5.74, 6) is -0.317. The first-order valence-corrected chi connectivity index (χ1v) is 6.45. The minimum Gasteiger partial charge on any atom is -0.353 e. The Morgan fingerprint density at radius 1 is 1.59 bits per heavy atom. The fourth-order valence-corrected chi connectivity index (χ4v) is 2.67. The second-order valence-electron chi connectivity index (χ2n) is 4.01. The largest absolute Gasteiger partial charge is 0.353 e. The van der Waals surface area contributed by atoms with Gasteiger partial charge in [-0.15, -0.1) is 11.3 Å². The van der Waals surface area contributed by atoms with Crippen molar-refractivity contribution in [3.8, 4) is 6.07 Å². The summed E-state index contributed by atoms with van der Waals surface area (Å²) in [6.45, 7) is 2.51. The molecule has 1 saturated heterocycles. The summed E-state index contributed by atoms with van der Waals surface area (Å²) in [6.07, 6.45) is 2.78. The van der Waals surface area contributed by atoms with Crippen molar-refractivity contribution in [2.24, 2.45) is 0 Å². The summed E-state index contributed by atoms with van der Waals surface area (Å²) >= 11 is 1.16. The van der Waals surface area contributed by atoms with E-state index in [1.165, 1.54) is 0 Å². The fourth-order valence-electron chi connectivity index (χ4n) is 1.76. The topological polar surface area (TPSA) is 42.2 Å². The van der Waals surface area contributed by atoms with E-state index in [0.29, 0.717) is 21.9 Å². The number of nitriles is 1. The molecule has 0 bridgehead atoms. The van der Waals surface area contributed by atoms with Crippen LogP contribution in [0.1, 0.15) is 34.6 Å². The Balaban J connectivity index is 1.97. The van der Waals surface area contributed by atoms with E-state index in [4.69, 9.17) is 14.7 Å². The van der Waals surface area contributed by atoms with E-state index in [9.17, 15) is 4.39 Å². The van der Waals surface area contributed by atoms with E-state index in [-0.39, 0.29) is 18.7 Å². The molecule has 2 heterocycles. The summed E-state index contributed by atoms with van der Waals surface area (Å²) in [5, 5.41) is 8.80. The molecule has 92 valence electrons. The molecule has 0 aromatic carbocycles. The van der Waals surface area contributed by atoms with Crippen molar-refractivity contribution in [2.45, 2.75) is 39.1 Å². The van der Waals surface area contributed by atoms with E-state index < -0.39 is 0 Å². The van der Waals surface area contributed by atoms with Gasteiger partial charge >= 0.3 is 0 Å². The van der Waals surface area contributed by atoms with Gasteiger partial charge in [0.2, 0.25) is 0 Å². The van der Waals surface area contributed by atoms with Crippen molar-refractivity contribution in [2.75, 3.05) is 6.61 Å². The molecule has 1 unspecified atom stereocenters. The van der Waals surface area contributed by atoms with Gasteiger partial charge in [0.05, 0.1) is 11.5 Å². The minimum atomic E-state index is -0.317. The zero-order valence-electron chi connectivity index (χ0n) is 9.66. The minimum absolute atomic E-state index is 0.184. The summed E-state index contributed by atoms with van der Waals surface area (Å²) in [7, 11) is 0. The monoisotopic (exact) mass is 255 g/mol. The molecule has 1 aromatic heterocycles. The smallest absolute Gasteiger partial charge is 0.158 e. The highest BCUT2D eigenvalue weighted by molar-refractivity contribution is 7.12. The van der Waals surface area contributed by atoms with Crippen LogP contribution in [0.25, 0.3) is 0 Å². The van der Waals surface area contributed by atoms with Gasteiger partial charge in [0.1, 0.15) is 16.8 Å². The van der Waals surface area contributed by atoms with Gasteiger partial charge in [-0.2, -0.15) is 5.26 Å². The van der Waals surface area contributed by atoms with Crippen molar-refractivity contribution in [1.29, 1.82) is 5.26 Å². The molecule has 0 radical (unpaired) electrons. The van der Waals surface area contributed by atoms with Gasteiger partial charge in [-0.05, 0) is 26.2 Å². The number of hydrogen-bond donors (Lipinski definition) is 0. The Kier molecular flexibility index (Phi) is 4.11. The van der Waals surface area contributed by atoms with Gasteiger partial charge in [-0.3, -0.25) is 0 Å². The molecule has 17 heavy (non-hydrogen) atoms. The van der Waals surface area contributed by atoms with Crippen molar-refractivity contribution in [3.05, 3.63) is 21.1 Å². The fraction of sp³-hybridized carbons (Fsp3) is 0.583. The third kappa shape index (κ3) is 2.83. The van der Waals surface area contributed by atoms with Crippen LogP contribution in [0, 0.1) is 24.1 Å². The Hall–Kier alpha value is -0.960. The predicted octanol–water partition coefficient (Wildman–Crippen LogP) is 3.11. The molecule has 0 amide bonds. The van der Waals surface area contributed by atoms with Gasteiger partial charge < -0.3 is 9.47 Å². The van der Waals surface area contributed by atoms with Gasteiger partial charge in [-0.1, -0.05) is 0 Å². The Labute approximate surface area is 104 Å². The van der Waals surface area contributed by atoms with Gasteiger partial charge in [0.15, 0.2) is 6.29 Å². The highest BCUT2D eigenvalue weighted by atomic mass is 32.1. The maximum absolute atomic E-state index is 13.7. The Bertz CT molecular complexity index is 432. The van der Waals surface area contributed by atoms with Gasteiger partial charge in [-0.25, -0.2) is 4.39 Å². The predicted molar refractivity (Wildman–Crippen MR) is 62.1 cm³/mol. The zero-order valence-corrected chi connectivity index (χ0v) is 10.5. The molecule has 1 aromatic rings. The van der Waals surface area contributed by atoms with Crippen molar-refractivity contribution >= 4 is 11.3 Å². The quantitative estimate of drug-likeness (QED) is 0.833. The van der Waals surface area contributed by atoms with Crippen LogP contribution in [0.5, 0.6) is 0 Å². The van der Waals surface area contributed by atoms with Crippen LogP contribution >= 0.6 is 11.3 Å². The van der Waals surface area contributed by atoms with E-state index in [0.717, 1.165) is 30.6 Å². The number of nitrogens with zero attached hydrogens (tertiary/aromatic N) is 1. The van der Waals surface area contributed by atoms with Crippen molar-refractivity contribution in [1.82, 2.24) is 0 Å². The molecule has 2 rings (SSSR count). The Morgan fingerprint density at radius 2 is 2.41 bits per heavy atom. The molecular weight excluding hydrogens is 241 g/mol.